The van der Waals surface area contributed by atoms with Gasteiger partial charge in [0.2, 0.25) is 5.16 Å². The zero-order chi connectivity index (χ0) is 12.0. The first-order valence-electron chi connectivity index (χ1n) is 4.62. The van der Waals surface area contributed by atoms with Gasteiger partial charge in [-0.1, -0.05) is 11.8 Å². The Bertz CT molecular complexity index is 358. The molecule has 0 aliphatic heterocycles. The Balaban J connectivity index is 2.41. The van der Waals surface area contributed by atoms with Crippen LogP contribution < -0.4 is 4.90 Å². The molecule has 8 heteroatoms. The predicted octanol–water partition coefficient (Wildman–Crippen LogP) is -0.162. The van der Waals surface area contributed by atoms with Crippen molar-refractivity contribution in [3.63, 3.8) is 0 Å². The van der Waals surface area contributed by atoms with Crippen molar-refractivity contribution in [2.45, 2.75) is 5.16 Å². The van der Waals surface area contributed by atoms with Crippen LogP contribution in [0.4, 0.5) is 5.95 Å². The quantitative estimate of drug-likeness (QED) is 0.398. The third kappa shape index (κ3) is 3.86. The Morgan fingerprint density at radius 1 is 1.19 bits per heavy atom. The van der Waals surface area contributed by atoms with E-state index < -0.39 is 0 Å². The fourth-order valence-electron chi connectivity index (χ4n) is 0.775. The van der Waals surface area contributed by atoms with Crippen LogP contribution in [0.2, 0.25) is 0 Å². The van der Waals surface area contributed by atoms with Gasteiger partial charge in [0.25, 0.3) is 5.95 Å². The third-order valence-electron chi connectivity index (χ3n) is 1.68. The van der Waals surface area contributed by atoms with Crippen molar-refractivity contribution in [1.82, 2.24) is 25.3 Å². The Morgan fingerprint density at radius 2 is 1.81 bits per heavy atom. The second-order valence-electron chi connectivity index (χ2n) is 3.25. The van der Waals surface area contributed by atoms with Gasteiger partial charge >= 0.3 is 0 Å². The van der Waals surface area contributed by atoms with Crippen molar-refractivity contribution >= 4 is 17.7 Å². The van der Waals surface area contributed by atoms with Gasteiger partial charge in [0.15, 0.2) is 6.19 Å². The van der Waals surface area contributed by atoms with E-state index in [9.17, 15) is 0 Å². The van der Waals surface area contributed by atoms with Gasteiger partial charge in [0.1, 0.15) is 0 Å². The third-order valence-corrected chi connectivity index (χ3v) is 2.49. The molecule has 0 saturated heterocycles. The number of hydrogen-bond donors (Lipinski definition) is 0. The second-order valence-corrected chi connectivity index (χ2v) is 4.31. The Morgan fingerprint density at radius 3 is 2.31 bits per heavy atom. The van der Waals surface area contributed by atoms with Crippen LogP contribution >= 0.6 is 11.8 Å². The van der Waals surface area contributed by atoms with Crippen LogP contribution in [0.3, 0.4) is 0 Å². The number of nitriles is 1. The smallest absolute Gasteiger partial charge is 0.264 e. The van der Waals surface area contributed by atoms with Crippen LogP contribution in [0.1, 0.15) is 0 Å². The molecule has 0 spiro atoms. The Kier molecular flexibility index (Phi) is 4.72. The van der Waals surface area contributed by atoms with Crippen molar-refractivity contribution in [2.75, 3.05) is 38.3 Å². The average Bonchev–Trinajstić information content (AvgIpc) is 2.29. The fraction of sp³-hybridized carbons (Fsp3) is 0.625. The topological polar surface area (TPSA) is 81.8 Å². The van der Waals surface area contributed by atoms with Crippen molar-refractivity contribution < 1.29 is 0 Å². The lowest BCUT2D eigenvalue weighted by atomic mass is 10.7. The van der Waals surface area contributed by atoms with Gasteiger partial charge in [-0.3, -0.25) is 0 Å². The van der Waals surface area contributed by atoms with Crippen molar-refractivity contribution in [3.8, 4) is 6.19 Å². The predicted molar refractivity (Wildman–Crippen MR) is 60.9 cm³/mol. The molecule has 16 heavy (non-hydrogen) atoms. The standard InChI is InChI=1S/C8H13N7S/c1-14(2)7-10-12-8(13-11-7)16-5-4-15(3)6-9/h4-5H2,1-3H3. The van der Waals surface area contributed by atoms with Gasteiger partial charge in [-0.15, -0.1) is 20.4 Å². The number of nitrogens with zero attached hydrogens (tertiary/aromatic N) is 7. The van der Waals surface area contributed by atoms with E-state index in [0.717, 1.165) is 5.75 Å². The zero-order valence-corrected chi connectivity index (χ0v) is 10.3. The Labute approximate surface area is 98.5 Å². The van der Waals surface area contributed by atoms with Crippen LogP contribution in [-0.4, -0.2) is 58.7 Å². The average molecular weight is 239 g/mol. The summed E-state index contributed by atoms with van der Waals surface area (Å²) in [6, 6.07) is 0. The SMILES string of the molecule is CN(C#N)CCSc1nnc(N(C)C)nn1. The zero-order valence-electron chi connectivity index (χ0n) is 9.45. The first-order chi connectivity index (χ1) is 7.63. The van der Waals surface area contributed by atoms with Gasteiger partial charge in [-0.2, -0.15) is 5.26 Å². The van der Waals surface area contributed by atoms with Gasteiger partial charge < -0.3 is 9.80 Å². The first-order valence-corrected chi connectivity index (χ1v) is 5.60. The molecule has 0 aliphatic rings. The highest BCUT2D eigenvalue weighted by atomic mass is 32.2. The van der Waals surface area contributed by atoms with Crippen molar-refractivity contribution in [3.05, 3.63) is 0 Å². The molecule has 0 fully saturated rings. The fourth-order valence-corrected chi connectivity index (χ4v) is 1.52. The molecule has 1 aromatic heterocycles. The minimum atomic E-state index is 0.485. The van der Waals surface area contributed by atoms with Crippen LogP contribution in [-0.2, 0) is 0 Å². The van der Waals surface area contributed by atoms with E-state index in [0.29, 0.717) is 17.6 Å². The maximum atomic E-state index is 8.53. The van der Waals surface area contributed by atoms with Crippen molar-refractivity contribution in [1.29, 1.82) is 5.26 Å². The lowest BCUT2D eigenvalue weighted by Crippen LogP contribution is -2.16. The summed E-state index contributed by atoms with van der Waals surface area (Å²) < 4.78 is 0. The number of thioether (sulfide) groups is 1. The first kappa shape index (κ1) is 12.4. The molecular weight excluding hydrogens is 226 g/mol. The molecule has 1 heterocycles. The van der Waals surface area contributed by atoms with E-state index >= 15 is 0 Å². The molecule has 0 atom stereocenters. The van der Waals surface area contributed by atoms with Crippen LogP contribution in [0.15, 0.2) is 5.16 Å². The summed E-state index contributed by atoms with van der Waals surface area (Å²) in [6.45, 7) is 0.653. The highest BCUT2D eigenvalue weighted by molar-refractivity contribution is 7.99. The molecule has 86 valence electrons. The monoisotopic (exact) mass is 239 g/mol. The van der Waals surface area contributed by atoms with E-state index in [1.807, 2.05) is 20.3 Å². The van der Waals surface area contributed by atoms with Crippen molar-refractivity contribution in [2.24, 2.45) is 0 Å². The summed E-state index contributed by atoms with van der Waals surface area (Å²) in [5.41, 5.74) is 0. The molecule has 0 aliphatic carbocycles. The number of hydrogen-bond acceptors (Lipinski definition) is 8. The number of aromatic nitrogens is 4. The molecule has 1 rings (SSSR count). The summed E-state index contributed by atoms with van der Waals surface area (Å²) >= 11 is 1.43. The molecule has 0 amide bonds. The maximum absolute atomic E-state index is 8.53. The normalized spacial score (nSPS) is 9.62. The highest BCUT2D eigenvalue weighted by Gasteiger charge is 2.03. The summed E-state index contributed by atoms with van der Waals surface area (Å²) in [4.78, 5) is 3.28. The van der Waals surface area contributed by atoms with E-state index in [2.05, 4.69) is 20.4 Å². The Hall–Kier alpha value is -1.62. The lowest BCUT2D eigenvalue weighted by Gasteiger charge is -2.08. The van der Waals surface area contributed by atoms with E-state index in [-0.39, 0.29) is 0 Å². The van der Waals surface area contributed by atoms with Gasteiger partial charge in [-0.05, 0) is 0 Å². The molecule has 0 N–H and O–H groups in total. The van der Waals surface area contributed by atoms with Gasteiger partial charge in [0, 0.05) is 33.4 Å². The van der Waals surface area contributed by atoms with Crippen LogP contribution in [0, 0.1) is 11.5 Å². The summed E-state index contributed by atoms with van der Waals surface area (Å²) in [7, 11) is 5.38. The van der Waals surface area contributed by atoms with Gasteiger partial charge in [0.05, 0.1) is 0 Å². The molecule has 0 saturated carbocycles. The van der Waals surface area contributed by atoms with E-state index in [4.69, 9.17) is 5.26 Å². The summed E-state index contributed by atoms with van der Waals surface area (Å²) in [5.74, 6) is 1.22. The second kappa shape index (κ2) is 6.07. The van der Waals surface area contributed by atoms with E-state index in [1.54, 1.807) is 16.8 Å². The lowest BCUT2D eigenvalue weighted by molar-refractivity contribution is 0.507. The van der Waals surface area contributed by atoms with Crippen LogP contribution in [0.25, 0.3) is 0 Å². The van der Waals surface area contributed by atoms with Gasteiger partial charge in [-0.25, -0.2) is 0 Å². The number of anilines is 1. The molecule has 0 bridgehead atoms. The summed E-state index contributed by atoms with van der Waals surface area (Å²) in [5, 5.41) is 24.7. The highest BCUT2D eigenvalue weighted by Crippen LogP contribution is 2.10. The molecule has 0 radical (unpaired) electrons. The largest absolute Gasteiger partial charge is 0.344 e. The molecule has 0 unspecified atom stereocenters. The van der Waals surface area contributed by atoms with Crippen LogP contribution in [0.5, 0.6) is 0 Å². The molecule has 1 aromatic rings. The minimum absolute atomic E-state index is 0.485. The summed E-state index contributed by atoms with van der Waals surface area (Å²) in [6.07, 6.45) is 2.02. The molecule has 0 aromatic carbocycles. The van der Waals surface area contributed by atoms with E-state index in [1.165, 1.54) is 11.8 Å². The maximum Gasteiger partial charge on any atom is 0.264 e. The number of rotatable bonds is 5. The minimum Gasteiger partial charge on any atom is -0.344 e. The molecule has 7 nitrogen and oxygen atoms in total. The molecular formula is C8H13N7S.